The van der Waals surface area contributed by atoms with E-state index >= 15 is 0 Å². The minimum Gasteiger partial charge on any atom is -0.453 e. The van der Waals surface area contributed by atoms with Gasteiger partial charge >= 0.3 is 0 Å². The Morgan fingerprint density at radius 2 is 1.91 bits per heavy atom. The molecule has 166 valence electrons. The van der Waals surface area contributed by atoms with Crippen molar-refractivity contribution in [1.82, 2.24) is 10.3 Å². The molecule has 0 atom stereocenters. The normalized spacial score (nSPS) is 11.4. The molecule has 0 aliphatic heterocycles. The van der Waals surface area contributed by atoms with Crippen molar-refractivity contribution in [3.63, 3.8) is 0 Å². The number of nitrogens with one attached hydrogen (secondary N) is 1. The minimum atomic E-state index is -3.25. The second-order valence-electron chi connectivity index (χ2n) is 7.04. The second-order valence-corrected chi connectivity index (χ2v) is 9.22. The van der Waals surface area contributed by atoms with Gasteiger partial charge in [-0.05, 0) is 47.9 Å². The fourth-order valence-corrected chi connectivity index (χ4v) is 4.30. The third kappa shape index (κ3) is 7.63. The Hall–Kier alpha value is -3.52. The van der Waals surface area contributed by atoms with Crippen molar-refractivity contribution in [2.75, 3.05) is 12.3 Å². The number of hydrogen-bond acceptors (Lipinski definition) is 5. The molecule has 0 saturated carbocycles. The Kier molecular flexibility index (Phi) is 8.10. The molecule has 3 rings (SSSR count). The van der Waals surface area contributed by atoms with Crippen molar-refractivity contribution in [2.24, 2.45) is 0 Å². The average Bonchev–Trinajstić information content (AvgIpc) is 2.78. The summed E-state index contributed by atoms with van der Waals surface area (Å²) in [6.07, 6.45) is 6.12. The van der Waals surface area contributed by atoms with Gasteiger partial charge in [0.1, 0.15) is 5.75 Å². The highest BCUT2D eigenvalue weighted by Gasteiger charge is 2.11. The van der Waals surface area contributed by atoms with Crippen LogP contribution < -0.4 is 10.1 Å². The van der Waals surface area contributed by atoms with Crippen LogP contribution in [0.4, 0.5) is 4.39 Å². The number of halogens is 1. The zero-order valence-corrected chi connectivity index (χ0v) is 18.1. The number of aromatic nitrogens is 1. The van der Waals surface area contributed by atoms with Gasteiger partial charge in [0, 0.05) is 18.8 Å². The van der Waals surface area contributed by atoms with Crippen LogP contribution in [0.15, 0.2) is 79.1 Å². The standard InChI is InChI=1S/C24H23FN2O4S/c25-22-16-19(9-11-23(22)31-21-8-4-13-26-17-21)10-12-24(28)27-14-5-15-32(29,30)18-20-6-2-1-3-7-20/h1-4,6-13,16-17H,5,14-15,18H2,(H,27,28)/b12-10+. The van der Waals surface area contributed by atoms with Crippen LogP contribution in [-0.2, 0) is 20.4 Å². The van der Waals surface area contributed by atoms with E-state index in [0.29, 0.717) is 17.7 Å². The van der Waals surface area contributed by atoms with E-state index in [1.54, 1.807) is 48.7 Å². The molecule has 2 aromatic carbocycles. The molecule has 8 heteroatoms. The number of sulfone groups is 1. The van der Waals surface area contributed by atoms with Gasteiger partial charge in [0.05, 0.1) is 17.7 Å². The summed E-state index contributed by atoms with van der Waals surface area (Å²) >= 11 is 0. The molecule has 0 radical (unpaired) electrons. The third-order valence-electron chi connectivity index (χ3n) is 4.41. The van der Waals surface area contributed by atoms with E-state index in [-0.39, 0.29) is 29.7 Å². The SMILES string of the molecule is O=C(/C=C/c1ccc(Oc2cccnc2)c(F)c1)NCCCS(=O)(=O)Cc1ccccc1. The molecule has 1 heterocycles. The molecule has 1 N–H and O–H groups in total. The van der Waals surface area contributed by atoms with E-state index in [9.17, 15) is 17.6 Å². The lowest BCUT2D eigenvalue weighted by Gasteiger charge is -2.07. The van der Waals surface area contributed by atoms with Gasteiger partial charge < -0.3 is 10.1 Å². The zero-order chi connectivity index (χ0) is 22.8. The summed E-state index contributed by atoms with van der Waals surface area (Å²) < 4.78 is 44.0. The lowest BCUT2D eigenvalue weighted by atomic mass is 10.2. The monoisotopic (exact) mass is 454 g/mol. The first-order valence-corrected chi connectivity index (χ1v) is 11.8. The molecular weight excluding hydrogens is 431 g/mol. The second kappa shape index (κ2) is 11.2. The number of pyridine rings is 1. The van der Waals surface area contributed by atoms with Gasteiger partial charge in [-0.15, -0.1) is 0 Å². The molecule has 0 spiro atoms. The number of carbonyl (C=O) groups is 1. The maximum Gasteiger partial charge on any atom is 0.243 e. The number of rotatable bonds is 10. The van der Waals surface area contributed by atoms with Crippen molar-refractivity contribution in [2.45, 2.75) is 12.2 Å². The van der Waals surface area contributed by atoms with E-state index in [4.69, 9.17) is 4.74 Å². The van der Waals surface area contributed by atoms with Crippen molar-refractivity contribution in [3.8, 4) is 11.5 Å². The van der Waals surface area contributed by atoms with Gasteiger partial charge in [-0.2, -0.15) is 0 Å². The Bertz CT molecular complexity index is 1170. The number of amides is 1. The van der Waals surface area contributed by atoms with Crippen molar-refractivity contribution < 1.29 is 22.3 Å². The average molecular weight is 455 g/mol. The predicted molar refractivity (Wildman–Crippen MR) is 121 cm³/mol. The zero-order valence-electron chi connectivity index (χ0n) is 17.3. The fourth-order valence-electron chi connectivity index (χ4n) is 2.87. The van der Waals surface area contributed by atoms with Gasteiger partial charge in [-0.1, -0.05) is 36.4 Å². The molecule has 6 nitrogen and oxygen atoms in total. The molecule has 0 saturated heterocycles. The summed E-state index contributed by atoms with van der Waals surface area (Å²) in [6.45, 7) is 0.226. The van der Waals surface area contributed by atoms with Crippen LogP contribution in [0.5, 0.6) is 11.5 Å². The number of ether oxygens (including phenoxy) is 1. The van der Waals surface area contributed by atoms with Crippen LogP contribution >= 0.6 is 0 Å². The smallest absolute Gasteiger partial charge is 0.243 e. The van der Waals surface area contributed by atoms with E-state index < -0.39 is 15.7 Å². The van der Waals surface area contributed by atoms with Crippen LogP contribution in [0.1, 0.15) is 17.5 Å². The molecule has 0 aliphatic rings. The van der Waals surface area contributed by atoms with E-state index in [2.05, 4.69) is 10.3 Å². The Balaban J connectivity index is 1.43. The largest absolute Gasteiger partial charge is 0.453 e. The minimum absolute atomic E-state index is 0.0184. The van der Waals surface area contributed by atoms with Crippen LogP contribution in [0.25, 0.3) is 6.08 Å². The summed E-state index contributed by atoms with van der Waals surface area (Å²) in [5, 5.41) is 2.63. The summed E-state index contributed by atoms with van der Waals surface area (Å²) in [4.78, 5) is 15.9. The number of carbonyl (C=O) groups excluding carboxylic acids is 1. The Labute approximate surface area is 186 Å². The van der Waals surface area contributed by atoms with Crippen molar-refractivity contribution >= 4 is 21.8 Å². The first kappa shape index (κ1) is 23.1. The van der Waals surface area contributed by atoms with Crippen LogP contribution in [-0.4, -0.2) is 31.6 Å². The van der Waals surface area contributed by atoms with Crippen LogP contribution in [0.2, 0.25) is 0 Å². The summed E-state index contributed by atoms with van der Waals surface area (Å²) in [6, 6.07) is 16.7. The number of benzene rings is 2. The molecular formula is C24H23FN2O4S. The van der Waals surface area contributed by atoms with Crippen LogP contribution in [0, 0.1) is 5.82 Å². The van der Waals surface area contributed by atoms with Gasteiger partial charge in [0.2, 0.25) is 5.91 Å². The number of hydrogen-bond donors (Lipinski definition) is 1. The Morgan fingerprint density at radius 1 is 1.09 bits per heavy atom. The molecule has 1 aromatic heterocycles. The molecule has 0 unspecified atom stereocenters. The summed E-state index contributed by atoms with van der Waals surface area (Å²) in [5.74, 6) is -0.527. The highest BCUT2D eigenvalue weighted by atomic mass is 32.2. The molecule has 1 amide bonds. The van der Waals surface area contributed by atoms with Gasteiger partial charge in [0.25, 0.3) is 0 Å². The molecule has 0 bridgehead atoms. The predicted octanol–water partition coefficient (Wildman–Crippen LogP) is 4.15. The summed E-state index contributed by atoms with van der Waals surface area (Å²) in [5.41, 5.74) is 1.23. The van der Waals surface area contributed by atoms with Crippen LogP contribution in [0.3, 0.4) is 0 Å². The topological polar surface area (TPSA) is 85.4 Å². The lowest BCUT2D eigenvalue weighted by molar-refractivity contribution is -0.116. The quantitative estimate of drug-likeness (QED) is 0.368. The first-order chi connectivity index (χ1) is 15.4. The fraction of sp³-hybridized carbons (Fsp3) is 0.167. The third-order valence-corrected chi connectivity index (χ3v) is 6.09. The van der Waals surface area contributed by atoms with E-state index in [1.165, 1.54) is 30.5 Å². The van der Waals surface area contributed by atoms with Crippen molar-refractivity contribution in [1.29, 1.82) is 0 Å². The Morgan fingerprint density at radius 3 is 2.62 bits per heavy atom. The highest BCUT2D eigenvalue weighted by molar-refractivity contribution is 7.90. The molecule has 0 fully saturated rings. The first-order valence-electron chi connectivity index (χ1n) is 9.99. The maximum absolute atomic E-state index is 14.2. The molecule has 3 aromatic rings. The van der Waals surface area contributed by atoms with Crippen molar-refractivity contribution in [3.05, 3.63) is 96.1 Å². The van der Waals surface area contributed by atoms with E-state index in [0.717, 1.165) is 5.56 Å². The van der Waals surface area contributed by atoms with Gasteiger partial charge in [0.15, 0.2) is 21.4 Å². The van der Waals surface area contributed by atoms with Gasteiger partial charge in [-0.25, -0.2) is 12.8 Å². The lowest BCUT2D eigenvalue weighted by Crippen LogP contribution is -2.24. The summed E-state index contributed by atoms with van der Waals surface area (Å²) in [7, 11) is -3.25. The molecule has 0 aliphatic carbocycles. The number of nitrogens with zero attached hydrogens (tertiary/aromatic N) is 1. The highest BCUT2D eigenvalue weighted by Crippen LogP contribution is 2.24. The van der Waals surface area contributed by atoms with Gasteiger partial charge in [-0.3, -0.25) is 9.78 Å². The molecule has 32 heavy (non-hydrogen) atoms. The van der Waals surface area contributed by atoms with E-state index in [1.807, 2.05) is 6.07 Å². The maximum atomic E-state index is 14.2.